The monoisotopic (exact) mass is 348 g/mol. The van der Waals surface area contributed by atoms with Gasteiger partial charge < -0.3 is 9.73 Å². The van der Waals surface area contributed by atoms with Gasteiger partial charge in [-0.05, 0) is 49.4 Å². The largest absolute Gasteiger partial charge is 0.461 e. The first-order valence-corrected chi connectivity index (χ1v) is 7.09. The second-order valence-corrected chi connectivity index (χ2v) is 5.21. The maximum absolute atomic E-state index is 12.3. The van der Waals surface area contributed by atoms with Crippen LogP contribution in [-0.2, 0) is 0 Å². The summed E-state index contributed by atoms with van der Waals surface area (Å²) in [5, 5.41) is 3.47. The van der Waals surface area contributed by atoms with Gasteiger partial charge in [-0.1, -0.05) is 11.6 Å². The molecule has 1 aromatic carbocycles. The van der Waals surface area contributed by atoms with Crippen LogP contribution in [-0.4, -0.2) is 10.9 Å². The van der Waals surface area contributed by atoms with E-state index in [1.807, 2.05) is 12.1 Å². The molecule has 118 valence electrons. The van der Waals surface area contributed by atoms with Crippen molar-refractivity contribution in [2.24, 2.45) is 0 Å². The fourth-order valence-corrected chi connectivity index (χ4v) is 2.22. The van der Waals surface area contributed by atoms with Crippen molar-refractivity contribution < 1.29 is 9.21 Å². The maximum atomic E-state index is 12.3. The van der Waals surface area contributed by atoms with E-state index in [1.54, 1.807) is 49.6 Å². The van der Waals surface area contributed by atoms with Gasteiger partial charge in [0, 0.05) is 28.7 Å². The first-order chi connectivity index (χ1) is 10.6. The van der Waals surface area contributed by atoms with Gasteiger partial charge in [0.25, 0.3) is 5.91 Å². The van der Waals surface area contributed by atoms with Crippen LogP contribution in [0.3, 0.4) is 0 Å². The molecule has 4 nitrogen and oxygen atoms in total. The Morgan fingerprint density at radius 1 is 1.13 bits per heavy atom. The molecule has 0 bridgehead atoms. The Bertz CT molecular complexity index is 799. The normalized spacial score (nSPS) is 10.0. The number of nitrogens with one attached hydrogen (secondary N) is 1. The molecular formula is C17H14Cl2N2O2. The average Bonchev–Trinajstić information content (AvgIpc) is 2.91. The summed E-state index contributed by atoms with van der Waals surface area (Å²) in [6, 6.07) is 12.5. The summed E-state index contributed by atoms with van der Waals surface area (Å²) in [4.78, 5) is 16.2. The van der Waals surface area contributed by atoms with Crippen molar-refractivity contribution in [3.63, 3.8) is 0 Å². The van der Waals surface area contributed by atoms with E-state index >= 15 is 0 Å². The third kappa shape index (κ3) is 3.92. The van der Waals surface area contributed by atoms with E-state index in [2.05, 4.69) is 10.3 Å². The van der Waals surface area contributed by atoms with Crippen molar-refractivity contribution in [3.8, 4) is 11.3 Å². The van der Waals surface area contributed by atoms with Crippen molar-refractivity contribution >= 4 is 35.6 Å². The first-order valence-electron chi connectivity index (χ1n) is 6.71. The Hall–Kier alpha value is -2.30. The minimum absolute atomic E-state index is 0. The molecule has 0 atom stereocenters. The molecule has 2 heterocycles. The van der Waals surface area contributed by atoms with Gasteiger partial charge >= 0.3 is 0 Å². The number of hydrogen-bond donors (Lipinski definition) is 1. The number of rotatable bonds is 3. The number of amides is 1. The quantitative estimate of drug-likeness (QED) is 0.726. The summed E-state index contributed by atoms with van der Waals surface area (Å²) in [5.41, 5.74) is 2.06. The number of anilines is 1. The third-order valence-corrected chi connectivity index (χ3v) is 3.48. The Kier molecular flexibility index (Phi) is 5.42. The van der Waals surface area contributed by atoms with Crippen molar-refractivity contribution in [2.75, 3.05) is 5.32 Å². The predicted molar refractivity (Wildman–Crippen MR) is 93.3 cm³/mol. The zero-order valence-corrected chi connectivity index (χ0v) is 13.8. The molecule has 0 aliphatic rings. The summed E-state index contributed by atoms with van der Waals surface area (Å²) in [7, 11) is 0. The molecule has 0 radical (unpaired) electrons. The second-order valence-electron chi connectivity index (χ2n) is 4.78. The zero-order chi connectivity index (χ0) is 15.5. The molecule has 6 heteroatoms. The lowest BCUT2D eigenvalue weighted by atomic mass is 10.1. The molecule has 0 saturated heterocycles. The predicted octanol–water partition coefficient (Wildman–Crippen LogP) is 4.98. The lowest BCUT2D eigenvalue weighted by Gasteiger charge is -2.02. The molecule has 0 unspecified atom stereocenters. The molecule has 3 aromatic rings. The second kappa shape index (κ2) is 7.31. The first kappa shape index (κ1) is 17.1. The summed E-state index contributed by atoms with van der Waals surface area (Å²) in [5.74, 6) is 0.984. The van der Waals surface area contributed by atoms with Crippen molar-refractivity contribution in [1.82, 2.24) is 4.98 Å². The number of hydrogen-bond acceptors (Lipinski definition) is 3. The molecule has 3 rings (SSSR count). The number of halogens is 2. The lowest BCUT2D eigenvalue weighted by Crippen LogP contribution is -2.11. The molecule has 2 aromatic heterocycles. The molecule has 0 spiro atoms. The summed E-state index contributed by atoms with van der Waals surface area (Å²) < 4.78 is 5.68. The number of aromatic nitrogens is 1. The Labute approximate surface area is 144 Å². The lowest BCUT2D eigenvalue weighted by molar-refractivity contribution is 0.102. The van der Waals surface area contributed by atoms with Gasteiger partial charge in [0.2, 0.25) is 0 Å². The smallest absolute Gasteiger partial charge is 0.259 e. The van der Waals surface area contributed by atoms with Crippen molar-refractivity contribution in [1.29, 1.82) is 0 Å². The molecule has 0 aliphatic heterocycles. The van der Waals surface area contributed by atoms with E-state index in [0.29, 0.717) is 27.8 Å². The highest BCUT2D eigenvalue weighted by molar-refractivity contribution is 6.30. The van der Waals surface area contributed by atoms with Gasteiger partial charge in [0.15, 0.2) is 0 Å². The van der Waals surface area contributed by atoms with Crippen LogP contribution in [0.1, 0.15) is 16.1 Å². The van der Waals surface area contributed by atoms with Crippen LogP contribution >= 0.6 is 24.0 Å². The summed E-state index contributed by atoms with van der Waals surface area (Å²) >= 11 is 5.88. The number of furan rings is 1. The van der Waals surface area contributed by atoms with E-state index in [1.165, 1.54) is 0 Å². The highest BCUT2D eigenvalue weighted by Crippen LogP contribution is 2.27. The van der Waals surface area contributed by atoms with Crippen LogP contribution < -0.4 is 5.32 Å². The molecule has 1 amide bonds. The van der Waals surface area contributed by atoms with E-state index in [4.69, 9.17) is 16.0 Å². The van der Waals surface area contributed by atoms with E-state index < -0.39 is 0 Å². The Morgan fingerprint density at radius 3 is 2.43 bits per heavy atom. The van der Waals surface area contributed by atoms with E-state index in [-0.39, 0.29) is 18.3 Å². The fraction of sp³-hybridized carbons (Fsp3) is 0.0588. The number of aryl methyl sites for hydroxylation is 1. The molecule has 0 fully saturated rings. The number of pyridine rings is 1. The fourth-order valence-electron chi connectivity index (χ4n) is 2.10. The number of carbonyl (C=O) groups excluding carboxylic acids is 1. The number of nitrogens with zero attached hydrogens (tertiary/aromatic N) is 1. The van der Waals surface area contributed by atoms with Crippen LogP contribution in [0.4, 0.5) is 5.69 Å². The van der Waals surface area contributed by atoms with Crippen LogP contribution in [0, 0.1) is 6.92 Å². The van der Waals surface area contributed by atoms with E-state index in [9.17, 15) is 4.79 Å². The van der Waals surface area contributed by atoms with Gasteiger partial charge in [0.1, 0.15) is 11.5 Å². The van der Waals surface area contributed by atoms with Crippen LogP contribution in [0.25, 0.3) is 11.3 Å². The van der Waals surface area contributed by atoms with Crippen molar-refractivity contribution in [2.45, 2.75) is 6.92 Å². The topological polar surface area (TPSA) is 55.1 Å². The van der Waals surface area contributed by atoms with E-state index in [0.717, 1.165) is 5.56 Å². The summed E-state index contributed by atoms with van der Waals surface area (Å²) in [6.07, 6.45) is 3.24. The number of benzene rings is 1. The molecule has 23 heavy (non-hydrogen) atoms. The third-order valence-electron chi connectivity index (χ3n) is 3.23. The SMILES string of the molecule is Cc1oc(-c2ccc(Cl)cc2)cc1C(=O)Nc1ccncc1.Cl. The van der Waals surface area contributed by atoms with Crippen LogP contribution in [0.2, 0.25) is 5.02 Å². The zero-order valence-electron chi connectivity index (χ0n) is 12.2. The molecule has 0 saturated carbocycles. The molecular weight excluding hydrogens is 335 g/mol. The molecule has 1 N–H and O–H groups in total. The summed E-state index contributed by atoms with van der Waals surface area (Å²) in [6.45, 7) is 1.76. The minimum atomic E-state index is -0.215. The average molecular weight is 349 g/mol. The van der Waals surface area contributed by atoms with Gasteiger partial charge in [-0.25, -0.2) is 0 Å². The highest BCUT2D eigenvalue weighted by Gasteiger charge is 2.16. The highest BCUT2D eigenvalue weighted by atomic mass is 35.5. The van der Waals surface area contributed by atoms with Gasteiger partial charge in [-0.2, -0.15) is 0 Å². The van der Waals surface area contributed by atoms with Crippen LogP contribution in [0.15, 0.2) is 59.3 Å². The Balaban J connectivity index is 0.00000192. The Morgan fingerprint density at radius 2 is 1.78 bits per heavy atom. The molecule has 0 aliphatic carbocycles. The van der Waals surface area contributed by atoms with Gasteiger partial charge in [-0.15, -0.1) is 12.4 Å². The van der Waals surface area contributed by atoms with Gasteiger partial charge in [-0.3, -0.25) is 9.78 Å². The van der Waals surface area contributed by atoms with Gasteiger partial charge in [0.05, 0.1) is 5.56 Å². The number of carbonyl (C=O) groups is 1. The minimum Gasteiger partial charge on any atom is -0.461 e. The van der Waals surface area contributed by atoms with Crippen LogP contribution in [0.5, 0.6) is 0 Å². The van der Waals surface area contributed by atoms with Crippen molar-refractivity contribution in [3.05, 3.63) is 71.2 Å². The standard InChI is InChI=1S/C17H13ClN2O2.ClH/c1-11-15(17(21)20-14-6-8-19-9-7-14)10-16(22-11)12-2-4-13(18)5-3-12;/h2-10H,1H3,(H,19,20,21);1H. The maximum Gasteiger partial charge on any atom is 0.259 e.